The summed E-state index contributed by atoms with van der Waals surface area (Å²) in [6, 6.07) is 3.77. The molecule has 1 heterocycles. The molecule has 1 aromatic rings. The smallest absolute Gasteiger partial charge is 0.161 e. The van der Waals surface area contributed by atoms with Gasteiger partial charge in [-0.2, -0.15) is 0 Å². The Kier molecular flexibility index (Phi) is 5.07. The molecule has 1 aliphatic heterocycles. The van der Waals surface area contributed by atoms with Crippen molar-refractivity contribution < 1.29 is 14.6 Å². The zero-order valence-corrected chi connectivity index (χ0v) is 12.9. The number of hydrogen-bond donors (Lipinski definition) is 2. The SMILES string of the molecule is COc1cc(Br)c(C(O)C2CCCCN2)cc1OC. The molecular weight excluding hydrogens is 310 g/mol. The van der Waals surface area contributed by atoms with E-state index in [1.807, 2.05) is 12.1 Å². The second-order valence-corrected chi connectivity index (χ2v) is 5.58. The topological polar surface area (TPSA) is 50.7 Å². The fourth-order valence-corrected chi connectivity index (χ4v) is 3.02. The van der Waals surface area contributed by atoms with E-state index < -0.39 is 6.10 Å². The first kappa shape index (κ1) is 14.6. The second-order valence-electron chi connectivity index (χ2n) is 4.73. The largest absolute Gasteiger partial charge is 0.493 e. The average molecular weight is 330 g/mol. The molecule has 0 bridgehead atoms. The number of aliphatic hydroxyl groups excluding tert-OH is 1. The normalized spacial score (nSPS) is 20.9. The highest BCUT2D eigenvalue weighted by Crippen LogP contribution is 2.37. The van der Waals surface area contributed by atoms with Crippen molar-refractivity contribution in [2.45, 2.75) is 31.4 Å². The predicted molar refractivity (Wildman–Crippen MR) is 77.8 cm³/mol. The Morgan fingerprint density at radius 1 is 1.26 bits per heavy atom. The Bertz CT molecular complexity index is 433. The molecule has 0 aromatic heterocycles. The number of methoxy groups -OCH3 is 2. The van der Waals surface area contributed by atoms with E-state index in [4.69, 9.17) is 9.47 Å². The molecule has 0 spiro atoms. The lowest BCUT2D eigenvalue weighted by Crippen LogP contribution is -2.38. The van der Waals surface area contributed by atoms with Gasteiger partial charge in [0.2, 0.25) is 0 Å². The average Bonchev–Trinajstić information content (AvgIpc) is 2.47. The molecule has 0 amide bonds. The number of piperidine rings is 1. The van der Waals surface area contributed by atoms with E-state index in [1.165, 1.54) is 6.42 Å². The van der Waals surface area contributed by atoms with Crippen molar-refractivity contribution in [1.82, 2.24) is 5.32 Å². The molecule has 0 saturated carbocycles. The van der Waals surface area contributed by atoms with Crippen LogP contribution in [0.2, 0.25) is 0 Å². The van der Waals surface area contributed by atoms with E-state index in [1.54, 1.807) is 14.2 Å². The molecule has 1 fully saturated rings. The lowest BCUT2D eigenvalue weighted by molar-refractivity contribution is 0.113. The Hall–Kier alpha value is -0.780. The van der Waals surface area contributed by atoms with Crippen molar-refractivity contribution in [3.8, 4) is 11.5 Å². The van der Waals surface area contributed by atoms with Crippen LogP contribution in [0.15, 0.2) is 16.6 Å². The van der Waals surface area contributed by atoms with Crippen LogP contribution in [0.25, 0.3) is 0 Å². The predicted octanol–water partition coefficient (Wildman–Crippen LogP) is 2.64. The highest BCUT2D eigenvalue weighted by molar-refractivity contribution is 9.10. The molecule has 4 nitrogen and oxygen atoms in total. The van der Waals surface area contributed by atoms with E-state index in [0.29, 0.717) is 11.5 Å². The number of rotatable bonds is 4. The van der Waals surface area contributed by atoms with Crippen LogP contribution in [-0.4, -0.2) is 31.9 Å². The third-order valence-corrected chi connectivity index (χ3v) is 4.24. The monoisotopic (exact) mass is 329 g/mol. The van der Waals surface area contributed by atoms with Gasteiger partial charge >= 0.3 is 0 Å². The van der Waals surface area contributed by atoms with Crippen molar-refractivity contribution in [2.75, 3.05) is 20.8 Å². The zero-order chi connectivity index (χ0) is 13.8. The van der Waals surface area contributed by atoms with Crippen LogP contribution in [0.3, 0.4) is 0 Å². The fraction of sp³-hybridized carbons (Fsp3) is 0.571. The highest BCUT2D eigenvalue weighted by Gasteiger charge is 2.25. The Labute approximate surface area is 122 Å². The molecule has 0 radical (unpaired) electrons. The van der Waals surface area contributed by atoms with Crippen molar-refractivity contribution in [1.29, 1.82) is 0 Å². The van der Waals surface area contributed by atoms with Gasteiger partial charge in [0.25, 0.3) is 0 Å². The molecule has 1 aliphatic rings. The van der Waals surface area contributed by atoms with Crippen LogP contribution >= 0.6 is 15.9 Å². The van der Waals surface area contributed by atoms with Gasteiger partial charge in [-0.15, -0.1) is 0 Å². The second kappa shape index (κ2) is 6.59. The summed E-state index contributed by atoms with van der Waals surface area (Å²) in [6.07, 6.45) is 2.77. The maximum absolute atomic E-state index is 10.5. The van der Waals surface area contributed by atoms with Crippen molar-refractivity contribution >= 4 is 15.9 Å². The van der Waals surface area contributed by atoms with Gasteiger partial charge in [-0.1, -0.05) is 22.4 Å². The maximum atomic E-state index is 10.5. The van der Waals surface area contributed by atoms with Crippen LogP contribution in [0, 0.1) is 0 Å². The van der Waals surface area contributed by atoms with Crippen molar-refractivity contribution in [3.63, 3.8) is 0 Å². The molecule has 2 rings (SSSR count). The van der Waals surface area contributed by atoms with E-state index in [9.17, 15) is 5.11 Å². The summed E-state index contributed by atoms with van der Waals surface area (Å²) in [7, 11) is 3.20. The quantitative estimate of drug-likeness (QED) is 0.891. The number of hydrogen-bond acceptors (Lipinski definition) is 4. The molecule has 1 saturated heterocycles. The van der Waals surface area contributed by atoms with Crippen LogP contribution in [-0.2, 0) is 0 Å². The van der Waals surface area contributed by atoms with Gasteiger partial charge in [-0.25, -0.2) is 0 Å². The Balaban J connectivity index is 2.27. The van der Waals surface area contributed by atoms with Gasteiger partial charge in [-0.05, 0) is 31.5 Å². The molecule has 2 unspecified atom stereocenters. The van der Waals surface area contributed by atoms with Gasteiger partial charge in [-0.3, -0.25) is 0 Å². The minimum atomic E-state index is -0.547. The van der Waals surface area contributed by atoms with Gasteiger partial charge in [0.05, 0.1) is 20.3 Å². The molecule has 0 aliphatic carbocycles. The molecule has 5 heteroatoms. The van der Waals surface area contributed by atoms with Gasteiger partial charge in [0.1, 0.15) is 0 Å². The summed E-state index contributed by atoms with van der Waals surface area (Å²) in [5, 5.41) is 13.9. The minimum absolute atomic E-state index is 0.100. The number of nitrogens with one attached hydrogen (secondary N) is 1. The van der Waals surface area contributed by atoms with Crippen LogP contribution in [0.5, 0.6) is 11.5 Å². The van der Waals surface area contributed by atoms with Crippen molar-refractivity contribution in [3.05, 3.63) is 22.2 Å². The fourth-order valence-electron chi connectivity index (χ4n) is 2.46. The van der Waals surface area contributed by atoms with Gasteiger partial charge in [0, 0.05) is 16.1 Å². The summed E-state index contributed by atoms with van der Waals surface area (Å²) in [6.45, 7) is 0.965. The number of benzene rings is 1. The summed E-state index contributed by atoms with van der Waals surface area (Å²) in [5.41, 5.74) is 0.831. The number of aliphatic hydroxyl groups is 1. The van der Waals surface area contributed by atoms with E-state index in [-0.39, 0.29) is 6.04 Å². The molecule has 19 heavy (non-hydrogen) atoms. The molecule has 1 aromatic carbocycles. The molecule has 106 valence electrons. The summed E-state index contributed by atoms with van der Waals surface area (Å²) in [5.74, 6) is 1.29. The third kappa shape index (κ3) is 3.22. The Morgan fingerprint density at radius 2 is 1.95 bits per heavy atom. The van der Waals surface area contributed by atoms with E-state index >= 15 is 0 Å². The third-order valence-electron chi connectivity index (χ3n) is 3.55. The lowest BCUT2D eigenvalue weighted by Gasteiger charge is -2.29. The summed E-state index contributed by atoms with van der Waals surface area (Å²) in [4.78, 5) is 0. The first-order chi connectivity index (χ1) is 9.17. The van der Waals surface area contributed by atoms with Gasteiger partial charge < -0.3 is 19.9 Å². The Morgan fingerprint density at radius 3 is 2.53 bits per heavy atom. The molecule has 2 N–H and O–H groups in total. The number of halogens is 1. The molecule has 2 atom stereocenters. The zero-order valence-electron chi connectivity index (χ0n) is 11.3. The first-order valence-electron chi connectivity index (χ1n) is 6.50. The van der Waals surface area contributed by atoms with Crippen LogP contribution in [0.1, 0.15) is 30.9 Å². The van der Waals surface area contributed by atoms with Crippen LogP contribution in [0.4, 0.5) is 0 Å². The van der Waals surface area contributed by atoms with Crippen LogP contribution < -0.4 is 14.8 Å². The summed E-state index contributed by atoms with van der Waals surface area (Å²) < 4.78 is 11.4. The lowest BCUT2D eigenvalue weighted by atomic mass is 9.95. The first-order valence-corrected chi connectivity index (χ1v) is 7.29. The van der Waals surface area contributed by atoms with E-state index in [0.717, 1.165) is 29.4 Å². The highest BCUT2D eigenvalue weighted by atomic mass is 79.9. The molecular formula is C14H20BrNO3. The van der Waals surface area contributed by atoms with Crippen molar-refractivity contribution in [2.24, 2.45) is 0 Å². The van der Waals surface area contributed by atoms with Gasteiger partial charge in [0.15, 0.2) is 11.5 Å². The number of ether oxygens (including phenoxy) is 2. The van der Waals surface area contributed by atoms with E-state index in [2.05, 4.69) is 21.2 Å². The maximum Gasteiger partial charge on any atom is 0.161 e. The standard InChI is InChI=1S/C14H20BrNO3/c1-18-12-7-9(10(15)8-13(12)19-2)14(17)11-5-3-4-6-16-11/h7-8,11,14,16-17H,3-6H2,1-2H3. The minimum Gasteiger partial charge on any atom is -0.493 e. The summed E-state index contributed by atoms with van der Waals surface area (Å²) >= 11 is 3.50.